The summed E-state index contributed by atoms with van der Waals surface area (Å²) in [6.07, 6.45) is 0. The third kappa shape index (κ3) is 5.88. The highest BCUT2D eigenvalue weighted by molar-refractivity contribution is 7.92. The molecule has 3 aromatic rings. The van der Waals surface area contributed by atoms with Crippen molar-refractivity contribution in [1.82, 2.24) is 5.32 Å². The molecule has 7 nitrogen and oxygen atoms in total. The topological polar surface area (TPSA) is 79.0 Å². The molecule has 0 bridgehead atoms. The lowest BCUT2D eigenvalue weighted by molar-refractivity contribution is -0.119. The molecule has 0 saturated carbocycles. The molecule has 1 saturated heterocycles. The number of benzene rings is 3. The summed E-state index contributed by atoms with van der Waals surface area (Å²) in [5, 5.41) is 3.21. The average Bonchev–Trinajstić information content (AvgIpc) is 2.87. The zero-order valence-electron chi connectivity index (χ0n) is 18.6. The second-order valence-corrected chi connectivity index (χ2v) is 10.1. The van der Waals surface area contributed by atoms with E-state index < -0.39 is 15.9 Å². The molecular weight excluding hydrogens is 474 g/mol. The zero-order chi connectivity index (χ0) is 24.0. The maximum atomic E-state index is 13.3. The van der Waals surface area contributed by atoms with Crippen molar-refractivity contribution in [2.24, 2.45) is 0 Å². The molecule has 1 N–H and O–H groups in total. The van der Waals surface area contributed by atoms with Crippen molar-refractivity contribution in [1.29, 1.82) is 0 Å². The summed E-state index contributed by atoms with van der Waals surface area (Å²) in [5.74, 6) is -0.420. The lowest BCUT2D eigenvalue weighted by Gasteiger charge is -2.29. The smallest absolute Gasteiger partial charge is 0.264 e. The Balaban J connectivity index is 1.45. The molecule has 178 valence electrons. The van der Waals surface area contributed by atoms with Crippen LogP contribution in [-0.4, -0.2) is 47.2 Å². The van der Waals surface area contributed by atoms with E-state index in [-0.39, 0.29) is 18.0 Å². The standard InChI is InChI=1S/C25H26ClN3O4S/c26-21-5-4-6-23(17-21)29(34(31,32)24-7-2-1-3-8-24)19-25(30)27-18-20-9-11-22(12-10-20)28-13-15-33-16-14-28/h1-12,17H,13-16,18-19H2,(H,27,30). The number of anilines is 2. The van der Waals surface area contributed by atoms with Gasteiger partial charge in [-0.3, -0.25) is 9.10 Å². The van der Waals surface area contributed by atoms with Gasteiger partial charge in [-0.1, -0.05) is 48.0 Å². The molecule has 0 radical (unpaired) electrons. The van der Waals surface area contributed by atoms with E-state index in [0.29, 0.717) is 23.9 Å². The highest BCUT2D eigenvalue weighted by atomic mass is 35.5. The number of nitrogens with one attached hydrogen (secondary N) is 1. The SMILES string of the molecule is O=C(CN(c1cccc(Cl)c1)S(=O)(=O)c1ccccc1)NCc1ccc(N2CCOCC2)cc1. The number of carbonyl (C=O) groups excluding carboxylic acids is 1. The van der Waals surface area contributed by atoms with Gasteiger partial charge in [0.1, 0.15) is 6.54 Å². The number of halogens is 1. The van der Waals surface area contributed by atoms with Gasteiger partial charge in [-0.05, 0) is 48.0 Å². The number of carbonyl (C=O) groups is 1. The van der Waals surface area contributed by atoms with Gasteiger partial charge in [0, 0.05) is 30.3 Å². The fraction of sp³-hybridized carbons (Fsp3) is 0.240. The van der Waals surface area contributed by atoms with E-state index in [1.807, 2.05) is 24.3 Å². The number of rotatable bonds is 8. The van der Waals surface area contributed by atoms with Crippen LogP contribution in [0.3, 0.4) is 0 Å². The first kappa shape index (κ1) is 24.1. The van der Waals surface area contributed by atoms with Crippen molar-refractivity contribution < 1.29 is 17.9 Å². The normalized spacial score (nSPS) is 14.0. The summed E-state index contributed by atoms with van der Waals surface area (Å²) in [6, 6.07) is 22.4. The largest absolute Gasteiger partial charge is 0.378 e. The third-order valence-electron chi connectivity index (χ3n) is 5.52. The van der Waals surface area contributed by atoms with Gasteiger partial charge in [-0.2, -0.15) is 0 Å². The second kappa shape index (κ2) is 10.9. The Morgan fingerprint density at radius 1 is 0.971 bits per heavy atom. The Morgan fingerprint density at radius 3 is 2.35 bits per heavy atom. The molecule has 4 rings (SSSR count). The minimum Gasteiger partial charge on any atom is -0.378 e. The van der Waals surface area contributed by atoms with Crippen LogP contribution in [0.4, 0.5) is 11.4 Å². The van der Waals surface area contributed by atoms with Crippen LogP contribution in [0, 0.1) is 0 Å². The van der Waals surface area contributed by atoms with Crippen LogP contribution in [-0.2, 0) is 26.1 Å². The van der Waals surface area contributed by atoms with Crippen molar-refractivity contribution in [3.05, 3.63) is 89.4 Å². The van der Waals surface area contributed by atoms with Gasteiger partial charge in [0.2, 0.25) is 5.91 Å². The van der Waals surface area contributed by atoms with E-state index in [1.165, 1.54) is 18.2 Å². The Morgan fingerprint density at radius 2 is 1.68 bits per heavy atom. The van der Waals surface area contributed by atoms with Gasteiger partial charge in [-0.15, -0.1) is 0 Å². The van der Waals surface area contributed by atoms with Crippen molar-refractivity contribution in [2.45, 2.75) is 11.4 Å². The third-order valence-corrected chi connectivity index (χ3v) is 7.54. The minimum atomic E-state index is -3.97. The van der Waals surface area contributed by atoms with Crippen LogP contribution in [0.15, 0.2) is 83.8 Å². The van der Waals surface area contributed by atoms with Crippen LogP contribution in [0.25, 0.3) is 0 Å². The Kier molecular flexibility index (Phi) is 7.72. The Bertz CT molecular complexity index is 1210. The molecule has 0 aliphatic carbocycles. The molecule has 1 aliphatic rings. The lowest BCUT2D eigenvalue weighted by atomic mass is 10.2. The summed E-state index contributed by atoms with van der Waals surface area (Å²) in [5.41, 5.74) is 2.35. The van der Waals surface area contributed by atoms with E-state index in [4.69, 9.17) is 16.3 Å². The molecule has 0 aromatic heterocycles. The molecule has 0 spiro atoms. The van der Waals surface area contributed by atoms with Gasteiger partial charge in [0.05, 0.1) is 23.8 Å². The first-order valence-electron chi connectivity index (χ1n) is 11.0. The van der Waals surface area contributed by atoms with Crippen molar-refractivity contribution in [2.75, 3.05) is 42.1 Å². The second-order valence-electron chi connectivity index (χ2n) is 7.85. The fourth-order valence-electron chi connectivity index (χ4n) is 3.70. The van der Waals surface area contributed by atoms with Crippen LogP contribution in [0.1, 0.15) is 5.56 Å². The predicted molar refractivity (Wildman–Crippen MR) is 134 cm³/mol. The van der Waals surface area contributed by atoms with Crippen molar-refractivity contribution >= 4 is 38.9 Å². The van der Waals surface area contributed by atoms with Gasteiger partial charge in [0.25, 0.3) is 10.0 Å². The van der Waals surface area contributed by atoms with Crippen LogP contribution >= 0.6 is 11.6 Å². The van der Waals surface area contributed by atoms with E-state index in [2.05, 4.69) is 10.2 Å². The number of sulfonamides is 1. The highest BCUT2D eigenvalue weighted by Crippen LogP contribution is 2.26. The number of hydrogen-bond donors (Lipinski definition) is 1. The summed E-state index contributed by atoms with van der Waals surface area (Å²) in [7, 11) is -3.97. The number of amides is 1. The van der Waals surface area contributed by atoms with Gasteiger partial charge >= 0.3 is 0 Å². The maximum Gasteiger partial charge on any atom is 0.264 e. The van der Waals surface area contributed by atoms with E-state index >= 15 is 0 Å². The molecule has 1 heterocycles. The van der Waals surface area contributed by atoms with Crippen LogP contribution in [0.5, 0.6) is 0 Å². The monoisotopic (exact) mass is 499 g/mol. The number of nitrogens with zero attached hydrogens (tertiary/aromatic N) is 2. The van der Waals surface area contributed by atoms with Gasteiger partial charge in [-0.25, -0.2) is 8.42 Å². The predicted octanol–water partition coefficient (Wildman–Crippen LogP) is 3.69. The maximum absolute atomic E-state index is 13.3. The fourth-order valence-corrected chi connectivity index (χ4v) is 5.32. The molecule has 1 fully saturated rings. The van der Waals surface area contributed by atoms with E-state index in [1.54, 1.807) is 36.4 Å². The lowest BCUT2D eigenvalue weighted by Crippen LogP contribution is -2.40. The summed E-state index contributed by atoms with van der Waals surface area (Å²) < 4.78 is 33.1. The molecule has 9 heteroatoms. The first-order valence-corrected chi connectivity index (χ1v) is 12.8. The van der Waals surface area contributed by atoms with Crippen LogP contribution < -0.4 is 14.5 Å². The number of morpholine rings is 1. The molecule has 0 unspecified atom stereocenters. The minimum absolute atomic E-state index is 0.0986. The van der Waals surface area contributed by atoms with Crippen LogP contribution in [0.2, 0.25) is 5.02 Å². The summed E-state index contributed by atoms with van der Waals surface area (Å²) >= 11 is 6.10. The molecule has 3 aromatic carbocycles. The van der Waals surface area contributed by atoms with Gasteiger partial charge < -0.3 is 15.0 Å². The molecule has 1 aliphatic heterocycles. The molecule has 34 heavy (non-hydrogen) atoms. The first-order chi connectivity index (χ1) is 16.4. The highest BCUT2D eigenvalue weighted by Gasteiger charge is 2.27. The molecular formula is C25H26ClN3O4S. The Labute approximate surface area is 205 Å². The summed E-state index contributed by atoms with van der Waals surface area (Å²) in [4.78, 5) is 15.2. The molecule has 0 atom stereocenters. The zero-order valence-corrected chi connectivity index (χ0v) is 20.1. The average molecular weight is 500 g/mol. The number of ether oxygens (including phenoxy) is 1. The van der Waals surface area contributed by atoms with Gasteiger partial charge in [0.15, 0.2) is 0 Å². The van der Waals surface area contributed by atoms with E-state index in [9.17, 15) is 13.2 Å². The van der Waals surface area contributed by atoms with Crippen molar-refractivity contribution in [3.8, 4) is 0 Å². The Hall–Kier alpha value is -3.07. The molecule has 1 amide bonds. The van der Waals surface area contributed by atoms with Crippen molar-refractivity contribution in [3.63, 3.8) is 0 Å². The van der Waals surface area contributed by atoms with E-state index in [0.717, 1.165) is 28.6 Å². The number of hydrogen-bond acceptors (Lipinski definition) is 5. The quantitative estimate of drug-likeness (QED) is 0.511. The summed E-state index contributed by atoms with van der Waals surface area (Å²) in [6.45, 7) is 3.05.